The standard InChI is InChI=1S/C16H17Cl2NO.C16H15Cl2N.H2O4S/c1-19(10-13-7-8-14(17)9-15(13)18)11-16(20)12-5-3-2-4-6-12;1-19-9-14(11-5-3-2-4-6-11)13-7-12(17)8-16(18)15(13)10-19;1-5(2,3)4/h2-9,16,20H,10-11H2,1H3;2-8,14H,9-10H2,1H3;(H2,1,2,3,4). The minimum atomic E-state index is -4.67. The van der Waals surface area contributed by atoms with E-state index in [4.69, 9.17) is 63.9 Å². The molecule has 44 heavy (non-hydrogen) atoms. The molecule has 0 saturated heterocycles. The quantitative estimate of drug-likeness (QED) is 0.175. The van der Waals surface area contributed by atoms with Crippen LogP contribution in [0.5, 0.6) is 0 Å². The summed E-state index contributed by atoms with van der Waals surface area (Å²) in [4.78, 5) is 4.34. The molecule has 0 radical (unpaired) electrons. The van der Waals surface area contributed by atoms with Crippen LogP contribution in [0.3, 0.4) is 0 Å². The fourth-order valence-electron chi connectivity index (χ4n) is 4.90. The lowest BCUT2D eigenvalue weighted by molar-refractivity contribution is 0.124. The van der Waals surface area contributed by atoms with Gasteiger partial charge in [-0.05, 0) is 66.2 Å². The molecule has 12 heteroatoms. The summed E-state index contributed by atoms with van der Waals surface area (Å²) in [6, 6.07) is 29.5. The van der Waals surface area contributed by atoms with E-state index in [0.29, 0.717) is 34.1 Å². The second kappa shape index (κ2) is 16.9. The molecule has 0 fully saturated rings. The molecular weight excluding hydrogens is 666 g/mol. The van der Waals surface area contributed by atoms with E-state index < -0.39 is 16.5 Å². The molecular formula is C32H34Cl4N2O5S. The molecule has 2 atom stereocenters. The van der Waals surface area contributed by atoms with Crippen LogP contribution in [0.4, 0.5) is 0 Å². The third-order valence-electron chi connectivity index (χ3n) is 6.82. The Morgan fingerprint density at radius 3 is 2.02 bits per heavy atom. The first kappa shape index (κ1) is 36.3. The van der Waals surface area contributed by atoms with E-state index in [9.17, 15) is 5.11 Å². The molecule has 0 aliphatic carbocycles. The highest BCUT2D eigenvalue weighted by molar-refractivity contribution is 7.79. The van der Waals surface area contributed by atoms with Crippen molar-refractivity contribution in [3.05, 3.63) is 139 Å². The Kier molecular flexibility index (Phi) is 13.9. The number of nitrogens with zero attached hydrogens (tertiary/aromatic N) is 2. The van der Waals surface area contributed by atoms with Crippen molar-refractivity contribution in [2.24, 2.45) is 0 Å². The van der Waals surface area contributed by atoms with Gasteiger partial charge in [0.15, 0.2) is 0 Å². The minimum absolute atomic E-state index is 0.339. The van der Waals surface area contributed by atoms with Crippen molar-refractivity contribution in [2.75, 3.05) is 27.2 Å². The molecule has 5 rings (SSSR count). The van der Waals surface area contributed by atoms with Crippen LogP contribution in [0.1, 0.15) is 39.8 Å². The van der Waals surface area contributed by atoms with Crippen molar-refractivity contribution in [2.45, 2.75) is 25.1 Å². The summed E-state index contributed by atoms with van der Waals surface area (Å²) in [7, 11) is -0.582. The van der Waals surface area contributed by atoms with Gasteiger partial charge in [0, 0.05) is 52.2 Å². The third-order valence-corrected chi connectivity index (χ3v) is 7.96. The maximum atomic E-state index is 10.2. The average Bonchev–Trinajstić information content (AvgIpc) is 2.95. The minimum Gasteiger partial charge on any atom is -0.387 e. The molecule has 2 unspecified atom stereocenters. The van der Waals surface area contributed by atoms with Crippen LogP contribution in [-0.4, -0.2) is 59.6 Å². The van der Waals surface area contributed by atoms with Gasteiger partial charge in [-0.3, -0.25) is 14.0 Å². The van der Waals surface area contributed by atoms with Crippen LogP contribution in [0, 0.1) is 0 Å². The summed E-state index contributed by atoms with van der Waals surface area (Å²) in [5.74, 6) is 0.339. The third kappa shape index (κ3) is 11.9. The number of hydrogen-bond donors (Lipinski definition) is 3. The Balaban J connectivity index is 0.000000209. The lowest BCUT2D eigenvalue weighted by Crippen LogP contribution is -2.31. The zero-order valence-corrected chi connectivity index (χ0v) is 28.0. The molecule has 4 aromatic carbocycles. The summed E-state index contributed by atoms with van der Waals surface area (Å²) < 4.78 is 31.6. The monoisotopic (exact) mass is 698 g/mol. The summed E-state index contributed by atoms with van der Waals surface area (Å²) in [5, 5.41) is 13.0. The maximum Gasteiger partial charge on any atom is 0.394 e. The molecule has 0 spiro atoms. The van der Waals surface area contributed by atoms with Gasteiger partial charge in [-0.1, -0.05) is 113 Å². The predicted octanol–water partition coefficient (Wildman–Crippen LogP) is 8.08. The fourth-order valence-corrected chi connectivity index (χ4v) is 5.93. The number of rotatable bonds is 6. The van der Waals surface area contributed by atoms with Crippen LogP contribution in [-0.2, 0) is 23.5 Å². The molecule has 0 saturated carbocycles. The van der Waals surface area contributed by atoms with Gasteiger partial charge in [-0.2, -0.15) is 8.42 Å². The van der Waals surface area contributed by atoms with Gasteiger partial charge in [0.2, 0.25) is 0 Å². The first-order chi connectivity index (χ1) is 20.7. The van der Waals surface area contributed by atoms with E-state index in [1.807, 2.05) is 66.5 Å². The number of benzene rings is 4. The first-order valence-electron chi connectivity index (χ1n) is 13.5. The zero-order valence-electron chi connectivity index (χ0n) is 24.1. The molecule has 1 aliphatic rings. The van der Waals surface area contributed by atoms with Crippen molar-refractivity contribution < 1.29 is 22.6 Å². The molecule has 0 bridgehead atoms. The van der Waals surface area contributed by atoms with Crippen LogP contribution in [0.15, 0.2) is 91.0 Å². The van der Waals surface area contributed by atoms with Gasteiger partial charge in [-0.25, -0.2) is 0 Å². The highest BCUT2D eigenvalue weighted by atomic mass is 35.5. The lowest BCUT2D eigenvalue weighted by Gasteiger charge is -2.33. The normalized spacial score (nSPS) is 15.4. The fraction of sp³-hybridized carbons (Fsp3) is 0.250. The SMILES string of the molecule is CN(Cc1ccc(Cl)cc1Cl)CC(O)c1ccccc1.CN1Cc2c(Cl)cc(Cl)cc2C(c2ccccc2)C1.O=S(=O)(O)O. The molecule has 1 aliphatic heterocycles. The van der Waals surface area contributed by atoms with Crippen LogP contribution < -0.4 is 0 Å². The van der Waals surface area contributed by atoms with Crippen LogP contribution in [0.2, 0.25) is 20.1 Å². The molecule has 0 amide bonds. The molecule has 236 valence electrons. The van der Waals surface area contributed by atoms with Crippen LogP contribution in [0.25, 0.3) is 0 Å². The number of fused-ring (bicyclic) bond motifs is 1. The summed E-state index contributed by atoms with van der Waals surface area (Å²) in [6.45, 7) is 3.09. The van der Waals surface area contributed by atoms with E-state index in [1.165, 1.54) is 16.7 Å². The van der Waals surface area contributed by atoms with E-state index in [0.717, 1.165) is 29.2 Å². The van der Waals surface area contributed by atoms with Gasteiger partial charge in [0.1, 0.15) is 0 Å². The van der Waals surface area contributed by atoms with Gasteiger partial charge < -0.3 is 10.0 Å². The van der Waals surface area contributed by atoms with Gasteiger partial charge in [-0.15, -0.1) is 0 Å². The second-order valence-electron chi connectivity index (χ2n) is 10.4. The van der Waals surface area contributed by atoms with Gasteiger partial charge in [0.05, 0.1) is 6.10 Å². The summed E-state index contributed by atoms with van der Waals surface area (Å²) in [6.07, 6.45) is -0.507. The molecule has 4 aromatic rings. The molecule has 0 aromatic heterocycles. The number of likely N-dealkylation sites (N-methyl/N-ethyl adjacent to an activating group) is 2. The Morgan fingerprint density at radius 1 is 0.864 bits per heavy atom. The van der Waals surface area contributed by atoms with Crippen molar-refractivity contribution in [3.8, 4) is 0 Å². The van der Waals surface area contributed by atoms with Crippen molar-refractivity contribution in [3.63, 3.8) is 0 Å². The highest BCUT2D eigenvalue weighted by Gasteiger charge is 2.26. The van der Waals surface area contributed by atoms with Crippen molar-refractivity contribution in [1.82, 2.24) is 9.80 Å². The lowest BCUT2D eigenvalue weighted by atomic mass is 9.85. The highest BCUT2D eigenvalue weighted by Crippen LogP contribution is 2.38. The van der Waals surface area contributed by atoms with E-state index in [-0.39, 0.29) is 0 Å². The zero-order chi connectivity index (χ0) is 32.4. The van der Waals surface area contributed by atoms with Crippen molar-refractivity contribution in [1.29, 1.82) is 0 Å². The molecule has 1 heterocycles. The van der Waals surface area contributed by atoms with Gasteiger partial charge in [0.25, 0.3) is 0 Å². The summed E-state index contributed by atoms with van der Waals surface area (Å²) in [5.41, 5.74) is 5.70. The van der Waals surface area contributed by atoms with Crippen LogP contribution >= 0.6 is 46.4 Å². The second-order valence-corrected chi connectivity index (χ2v) is 13.0. The Bertz CT molecular complexity index is 1600. The summed E-state index contributed by atoms with van der Waals surface area (Å²) >= 11 is 24.6. The number of aliphatic hydroxyl groups is 1. The molecule has 3 N–H and O–H groups in total. The van der Waals surface area contributed by atoms with E-state index in [2.05, 4.69) is 42.3 Å². The first-order valence-corrected chi connectivity index (χ1v) is 16.4. The smallest absolute Gasteiger partial charge is 0.387 e. The van der Waals surface area contributed by atoms with Crippen molar-refractivity contribution >= 4 is 56.8 Å². The number of hydrogen-bond acceptors (Lipinski definition) is 5. The molecule has 7 nitrogen and oxygen atoms in total. The Labute approximate surface area is 279 Å². The number of aliphatic hydroxyl groups excluding tert-OH is 1. The van der Waals surface area contributed by atoms with E-state index in [1.54, 1.807) is 6.07 Å². The Morgan fingerprint density at radius 2 is 1.43 bits per heavy atom. The Hall–Kier alpha value is -2.21. The average molecular weight is 701 g/mol. The topological polar surface area (TPSA) is 101 Å². The van der Waals surface area contributed by atoms with E-state index >= 15 is 0 Å². The predicted molar refractivity (Wildman–Crippen MR) is 179 cm³/mol. The maximum absolute atomic E-state index is 10.2. The van der Waals surface area contributed by atoms with Gasteiger partial charge >= 0.3 is 10.4 Å². The largest absolute Gasteiger partial charge is 0.394 e. The number of halogens is 4.